The van der Waals surface area contributed by atoms with Gasteiger partial charge in [0.15, 0.2) is 0 Å². The summed E-state index contributed by atoms with van der Waals surface area (Å²) < 4.78 is 13.5. The molecule has 6 heteroatoms. The van der Waals surface area contributed by atoms with E-state index in [-0.39, 0.29) is 11.5 Å². The van der Waals surface area contributed by atoms with Gasteiger partial charge in [-0.2, -0.15) is 0 Å². The van der Waals surface area contributed by atoms with Gasteiger partial charge in [-0.25, -0.2) is 4.39 Å². The topological polar surface area (TPSA) is 61.4 Å². The first-order chi connectivity index (χ1) is 9.59. The van der Waals surface area contributed by atoms with Crippen LogP contribution in [0.15, 0.2) is 24.3 Å². The number of hydrogen-bond donors (Lipinski definition) is 2. The molecular weight excluding hydrogens is 261 g/mol. The van der Waals surface area contributed by atoms with E-state index in [4.69, 9.17) is 0 Å². The molecule has 1 saturated heterocycles. The molecule has 1 heterocycles. The Morgan fingerprint density at radius 1 is 1.30 bits per heavy atom. The molecule has 0 bridgehead atoms. The maximum atomic E-state index is 13.5. The summed E-state index contributed by atoms with van der Waals surface area (Å²) in [6, 6.07) is 5.05. The van der Waals surface area contributed by atoms with Crippen LogP contribution < -0.4 is 10.6 Å². The van der Waals surface area contributed by atoms with Crippen molar-refractivity contribution in [3.63, 3.8) is 0 Å². The Morgan fingerprint density at radius 3 is 2.60 bits per heavy atom. The van der Waals surface area contributed by atoms with Gasteiger partial charge < -0.3 is 15.5 Å². The molecule has 1 aromatic rings. The smallest absolute Gasteiger partial charge is 0.254 e. The van der Waals surface area contributed by atoms with E-state index in [9.17, 15) is 14.0 Å². The number of carbonyl (C=O) groups is 2. The molecule has 1 aliphatic heterocycles. The Labute approximate surface area is 117 Å². The van der Waals surface area contributed by atoms with Gasteiger partial charge in [-0.1, -0.05) is 12.1 Å². The third-order valence-corrected chi connectivity index (χ3v) is 3.27. The predicted molar refractivity (Wildman–Crippen MR) is 72.8 cm³/mol. The van der Waals surface area contributed by atoms with Crippen LogP contribution in [0.2, 0.25) is 0 Å². The van der Waals surface area contributed by atoms with Gasteiger partial charge in [0.1, 0.15) is 11.9 Å². The second kappa shape index (κ2) is 6.47. The van der Waals surface area contributed by atoms with Gasteiger partial charge in [0.25, 0.3) is 5.91 Å². The van der Waals surface area contributed by atoms with E-state index in [2.05, 4.69) is 10.6 Å². The van der Waals surface area contributed by atoms with Crippen LogP contribution in [0, 0.1) is 5.82 Å². The number of carbonyl (C=O) groups excluding carboxylic acids is 2. The zero-order valence-corrected chi connectivity index (χ0v) is 11.4. The molecule has 20 heavy (non-hydrogen) atoms. The molecule has 108 valence electrons. The van der Waals surface area contributed by atoms with Crippen molar-refractivity contribution >= 4 is 11.8 Å². The molecular formula is C14H18FN3O2. The lowest BCUT2D eigenvalue weighted by Gasteiger charge is -2.30. The minimum Gasteiger partial charge on any atom is -0.340 e. The number of nitrogens with one attached hydrogen (secondary N) is 2. The van der Waals surface area contributed by atoms with Crippen molar-refractivity contribution in [3.8, 4) is 0 Å². The predicted octanol–water partition coefficient (Wildman–Crippen LogP) is 0.376. The van der Waals surface area contributed by atoms with Crippen molar-refractivity contribution in [1.82, 2.24) is 15.5 Å². The Kier molecular flexibility index (Phi) is 4.68. The van der Waals surface area contributed by atoms with Crippen LogP contribution in [0.25, 0.3) is 0 Å². The molecule has 0 aliphatic carbocycles. The molecule has 0 aromatic heterocycles. The minimum atomic E-state index is -0.666. The highest BCUT2D eigenvalue weighted by atomic mass is 19.1. The first-order valence-electron chi connectivity index (χ1n) is 6.64. The van der Waals surface area contributed by atoms with E-state index in [0.717, 1.165) is 13.1 Å². The summed E-state index contributed by atoms with van der Waals surface area (Å²) in [7, 11) is 0. The van der Waals surface area contributed by atoms with Gasteiger partial charge in [-0.3, -0.25) is 9.59 Å². The molecule has 0 spiro atoms. The number of halogens is 1. The third-order valence-electron chi connectivity index (χ3n) is 3.27. The molecule has 0 saturated carbocycles. The summed E-state index contributed by atoms with van der Waals surface area (Å²) in [5.74, 6) is -1.30. The van der Waals surface area contributed by atoms with E-state index in [1.807, 2.05) is 0 Å². The van der Waals surface area contributed by atoms with Crippen LogP contribution in [0.1, 0.15) is 17.3 Å². The van der Waals surface area contributed by atoms with Gasteiger partial charge in [-0.05, 0) is 19.1 Å². The van der Waals surface area contributed by atoms with Crippen molar-refractivity contribution in [1.29, 1.82) is 0 Å². The highest BCUT2D eigenvalue weighted by molar-refractivity contribution is 5.97. The van der Waals surface area contributed by atoms with Crippen LogP contribution in [0.4, 0.5) is 4.39 Å². The lowest BCUT2D eigenvalue weighted by molar-refractivity contribution is -0.133. The van der Waals surface area contributed by atoms with Crippen LogP contribution in [0.3, 0.4) is 0 Å². The summed E-state index contributed by atoms with van der Waals surface area (Å²) >= 11 is 0. The summed E-state index contributed by atoms with van der Waals surface area (Å²) in [4.78, 5) is 25.8. The first kappa shape index (κ1) is 14.5. The summed E-state index contributed by atoms with van der Waals surface area (Å²) in [5.41, 5.74) is -0.0486. The molecule has 1 aliphatic rings. The molecule has 0 radical (unpaired) electrons. The molecule has 1 atom stereocenters. The number of hydrogen-bond acceptors (Lipinski definition) is 3. The first-order valence-corrected chi connectivity index (χ1v) is 6.64. The van der Waals surface area contributed by atoms with Gasteiger partial charge in [0.05, 0.1) is 5.56 Å². The molecule has 2 amide bonds. The average Bonchev–Trinajstić information content (AvgIpc) is 2.47. The van der Waals surface area contributed by atoms with Gasteiger partial charge in [0, 0.05) is 26.2 Å². The summed E-state index contributed by atoms with van der Waals surface area (Å²) in [5, 5.41) is 5.70. The van der Waals surface area contributed by atoms with E-state index in [0.29, 0.717) is 13.1 Å². The second-order valence-corrected chi connectivity index (χ2v) is 4.75. The zero-order valence-electron chi connectivity index (χ0n) is 11.4. The Morgan fingerprint density at radius 2 is 1.95 bits per heavy atom. The number of piperazine rings is 1. The lowest BCUT2D eigenvalue weighted by atomic mass is 10.1. The van der Waals surface area contributed by atoms with Crippen LogP contribution >= 0.6 is 0 Å². The van der Waals surface area contributed by atoms with Gasteiger partial charge in [0.2, 0.25) is 5.91 Å². The van der Waals surface area contributed by atoms with Crippen molar-refractivity contribution in [2.45, 2.75) is 13.0 Å². The normalized spacial score (nSPS) is 16.6. The van der Waals surface area contributed by atoms with E-state index >= 15 is 0 Å². The second-order valence-electron chi connectivity index (χ2n) is 4.75. The zero-order chi connectivity index (χ0) is 14.5. The monoisotopic (exact) mass is 279 g/mol. The standard InChI is InChI=1S/C14H18FN3O2/c1-10(14(20)18-8-6-16-7-9-18)17-13(19)11-4-2-3-5-12(11)15/h2-5,10,16H,6-9H2,1H3,(H,17,19). The number of benzene rings is 1. The highest BCUT2D eigenvalue weighted by Gasteiger charge is 2.24. The van der Waals surface area contributed by atoms with Gasteiger partial charge >= 0.3 is 0 Å². The SMILES string of the molecule is CC(NC(=O)c1ccccc1F)C(=O)N1CCNCC1. The van der Waals surface area contributed by atoms with E-state index in [1.54, 1.807) is 17.9 Å². The highest BCUT2D eigenvalue weighted by Crippen LogP contribution is 2.07. The van der Waals surface area contributed by atoms with Crippen molar-refractivity contribution < 1.29 is 14.0 Å². The molecule has 1 fully saturated rings. The minimum absolute atomic E-state index is 0.0486. The fourth-order valence-corrected chi connectivity index (χ4v) is 2.14. The summed E-state index contributed by atoms with van der Waals surface area (Å²) in [6.07, 6.45) is 0. The fraction of sp³-hybridized carbons (Fsp3) is 0.429. The molecule has 5 nitrogen and oxygen atoms in total. The van der Waals surface area contributed by atoms with Crippen LogP contribution in [-0.4, -0.2) is 48.9 Å². The van der Waals surface area contributed by atoms with Crippen molar-refractivity contribution in [3.05, 3.63) is 35.6 Å². The van der Waals surface area contributed by atoms with Crippen LogP contribution in [0.5, 0.6) is 0 Å². The van der Waals surface area contributed by atoms with Crippen LogP contribution in [-0.2, 0) is 4.79 Å². The molecule has 2 N–H and O–H groups in total. The van der Waals surface area contributed by atoms with Crippen molar-refractivity contribution in [2.75, 3.05) is 26.2 Å². The lowest BCUT2D eigenvalue weighted by Crippen LogP contribution is -2.53. The third kappa shape index (κ3) is 3.33. The summed E-state index contributed by atoms with van der Waals surface area (Å²) in [6.45, 7) is 4.36. The largest absolute Gasteiger partial charge is 0.340 e. The maximum absolute atomic E-state index is 13.5. The number of rotatable bonds is 3. The van der Waals surface area contributed by atoms with Gasteiger partial charge in [-0.15, -0.1) is 0 Å². The van der Waals surface area contributed by atoms with E-state index in [1.165, 1.54) is 18.2 Å². The Bertz CT molecular complexity index is 501. The maximum Gasteiger partial charge on any atom is 0.254 e. The fourth-order valence-electron chi connectivity index (χ4n) is 2.14. The van der Waals surface area contributed by atoms with Crippen molar-refractivity contribution in [2.24, 2.45) is 0 Å². The number of nitrogens with zero attached hydrogens (tertiary/aromatic N) is 1. The number of amides is 2. The average molecular weight is 279 g/mol. The molecule has 1 unspecified atom stereocenters. The van der Waals surface area contributed by atoms with E-state index < -0.39 is 17.8 Å². The molecule has 1 aromatic carbocycles. The Balaban J connectivity index is 1.97. The Hall–Kier alpha value is -1.95. The quantitative estimate of drug-likeness (QED) is 0.840. The molecule has 2 rings (SSSR count).